The number of hydrogen-bond donors (Lipinski definition) is 1. The molecule has 0 aromatic heterocycles. The Hall–Kier alpha value is -2.57. The first-order valence-electron chi connectivity index (χ1n) is 6.42. The maximum atomic E-state index is 12.5. The van der Waals surface area contributed by atoms with Gasteiger partial charge < -0.3 is 9.47 Å². The topological polar surface area (TPSA) is 84.9 Å². The summed E-state index contributed by atoms with van der Waals surface area (Å²) in [5.41, 5.74) is 3.71. The summed E-state index contributed by atoms with van der Waals surface area (Å²) < 4.78 is 9.07. The molecule has 1 unspecified atom stereocenters. The minimum Gasteiger partial charge on any atom is -0.452 e. The Balaban J connectivity index is 2.27. The van der Waals surface area contributed by atoms with Gasteiger partial charge in [0, 0.05) is 5.56 Å². The molecule has 1 atom stereocenters. The van der Waals surface area contributed by atoms with Crippen molar-refractivity contribution in [1.29, 1.82) is 0 Å². The number of methoxy groups -OCH3 is 2. The van der Waals surface area contributed by atoms with Crippen molar-refractivity contribution in [3.63, 3.8) is 0 Å². The standard InChI is InChI=1S/C14H16N2O5/c1-20-13(18)15-16(14(19)21-2)11-8-7-9-5-3-4-6-10(9)12(11)17/h3-6,11H,7-8H2,1-2H3,(H,15,18). The minimum absolute atomic E-state index is 0.237. The Morgan fingerprint density at radius 1 is 1.24 bits per heavy atom. The molecule has 2 amide bonds. The molecule has 0 aliphatic heterocycles. The number of ketones is 1. The van der Waals surface area contributed by atoms with Gasteiger partial charge in [0.1, 0.15) is 6.04 Å². The van der Waals surface area contributed by atoms with Crippen LogP contribution in [0.3, 0.4) is 0 Å². The molecule has 0 bridgehead atoms. The quantitative estimate of drug-likeness (QED) is 0.793. The third kappa shape index (κ3) is 2.96. The zero-order chi connectivity index (χ0) is 15.4. The lowest BCUT2D eigenvalue weighted by atomic mass is 9.87. The zero-order valence-electron chi connectivity index (χ0n) is 11.8. The van der Waals surface area contributed by atoms with E-state index in [1.54, 1.807) is 12.1 Å². The predicted molar refractivity (Wildman–Crippen MR) is 72.7 cm³/mol. The van der Waals surface area contributed by atoms with E-state index in [2.05, 4.69) is 14.9 Å². The third-order valence-electron chi connectivity index (χ3n) is 3.35. The summed E-state index contributed by atoms with van der Waals surface area (Å²) in [5.74, 6) is -0.237. The van der Waals surface area contributed by atoms with Crippen molar-refractivity contribution in [2.24, 2.45) is 0 Å². The van der Waals surface area contributed by atoms with Crippen molar-refractivity contribution in [2.45, 2.75) is 18.9 Å². The van der Waals surface area contributed by atoms with Gasteiger partial charge in [-0.2, -0.15) is 0 Å². The number of carbonyl (C=O) groups excluding carboxylic acids is 3. The molecule has 7 heteroatoms. The highest BCUT2D eigenvalue weighted by Crippen LogP contribution is 2.24. The van der Waals surface area contributed by atoms with E-state index >= 15 is 0 Å². The molecule has 1 aromatic carbocycles. The van der Waals surface area contributed by atoms with E-state index in [0.29, 0.717) is 18.4 Å². The molecule has 0 fully saturated rings. The van der Waals surface area contributed by atoms with E-state index in [4.69, 9.17) is 0 Å². The largest absolute Gasteiger partial charge is 0.452 e. The van der Waals surface area contributed by atoms with Crippen molar-refractivity contribution in [3.8, 4) is 0 Å². The maximum absolute atomic E-state index is 12.5. The van der Waals surface area contributed by atoms with Gasteiger partial charge in [0.2, 0.25) is 0 Å². The Morgan fingerprint density at radius 3 is 2.62 bits per heavy atom. The highest BCUT2D eigenvalue weighted by molar-refractivity contribution is 6.03. The van der Waals surface area contributed by atoms with E-state index in [0.717, 1.165) is 10.6 Å². The van der Waals surface area contributed by atoms with E-state index in [9.17, 15) is 14.4 Å². The van der Waals surface area contributed by atoms with Crippen molar-refractivity contribution in [2.75, 3.05) is 14.2 Å². The highest BCUT2D eigenvalue weighted by atomic mass is 16.6. The van der Waals surface area contributed by atoms with E-state index < -0.39 is 18.2 Å². The number of Topliss-reactive ketones (excluding diaryl/α,β-unsaturated/α-hetero) is 1. The molecule has 7 nitrogen and oxygen atoms in total. The first-order chi connectivity index (χ1) is 10.1. The number of carbonyl (C=O) groups is 3. The minimum atomic E-state index is -0.841. The number of fused-ring (bicyclic) bond motifs is 1. The van der Waals surface area contributed by atoms with Gasteiger partial charge in [-0.1, -0.05) is 24.3 Å². The van der Waals surface area contributed by atoms with E-state index in [1.165, 1.54) is 14.2 Å². The number of benzene rings is 1. The van der Waals surface area contributed by atoms with Crippen molar-refractivity contribution < 1.29 is 23.9 Å². The van der Waals surface area contributed by atoms with Crippen molar-refractivity contribution >= 4 is 18.0 Å². The summed E-state index contributed by atoms with van der Waals surface area (Å²) >= 11 is 0. The van der Waals surface area contributed by atoms with Crippen LogP contribution >= 0.6 is 0 Å². The van der Waals surface area contributed by atoms with Crippen LogP contribution in [0.1, 0.15) is 22.3 Å². The molecule has 0 heterocycles. The number of nitrogens with one attached hydrogen (secondary N) is 1. The number of hydrazine groups is 1. The molecule has 1 aliphatic carbocycles. The summed E-state index contributed by atoms with van der Waals surface area (Å²) in [6.07, 6.45) is -0.636. The molecule has 1 aliphatic rings. The van der Waals surface area contributed by atoms with Crippen LogP contribution in [0.25, 0.3) is 0 Å². The predicted octanol–water partition coefficient (Wildman–Crippen LogP) is 1.52. The average Bonchev–Trinajstić information content (AvgIpc) is 2.52. The molecule has 0 saturated carbocycles. The Bertz CT molecular complexity index is 572. The smallest absolute Gasteiger partial charge is 0.429 e. The molecule has 21 heavy (non-hydrogen) atoms. The summed E-state index contributed by atoms with van der Waals surface area (Å²) in [6, 6.07) is 6.38. The average molecular weight is 292 g/mol. The number of hydrogen-bond acceptors (Lipinski definition) is 5. The lowest BCUT2D eigenvalue weighted by Gasteiger charge is -2.32. The van der Waals surface area contributed by atoms with Crippen LogP contribution in [-0.4, -0.2) is 43.2 Å². The maximum Gasteiger partial charge on any atom is 0.429 e. The Morgan fingerprint density at radius 2 is 1.95 bits per heavy atom. The first kappa shape index (κ1) is 14.8. The van der Waals surface area contributed by atoms with Crippen LogP contribution in [0.5, 0.6) is 0 Å². The van der Waals surface area contributed by atoms with Crippen LogP contribution in [-0.2, 0) is 15.9 Å². The lowest BCUT2D eigenvalue weighted by Crippen LogP contribution is -2.55. The van der Waals surface area contributed by atoms with Gasteiger partial charge in [-0.05, 0) is 18.4 Å². The Kier molecular flexibility index (Phi) is 4.42. The van der Waals surface area contributed by atoms with Crippen LogP contribution in [0.4, 0.5) is 9.59 Å². The van der Waals surface area contributed by atoms with Gasteiger partial charge >= 0.3 is 12.2 Å². The zero-order valence-corrected chi connectivity index (χ0v) is 11.8. The van der Waals surface area contributed by atoms with Crippen LogP contribution in [0, 0.1) is 0 Å². The number of nitrogens with zero attached hydrogens (tertiary/aromatic N) is 1. The molecule has 2 rings (SSSR count). The number of aryl methyl sites for hydroxylation is 1. The molecule has 0 saturated heterocycles. The van der Waals surface area contributed by atoms with E-state index in [1.807, 2.05) is 12.1 Å². The monoisotopic (exact) mass is 292 g/mol. The molecule has 0 radical (unpaired) electrons. The first-order valence-corrected chi connectivity index (χ1v) is 6.42. The Labute approximate surface area is 121 Å². The second kappa shape index (κ2) is 6.25. The van der Waals surface area contributed by atoms with Gasteiger partial charge in [0.25, 0.3) is 0 Å². The lowest BCUT2D eigenvalue weighted by molar-refractivity contribution is 0.0539. The van der Waals surface area contributed by atoms with Gasteiger partial charge in [-0.25, -0.2) is 20.0 Å². The normalized spacial score (nSPS) is 16.7. The second-order valence-corrected chi connectivity index (χ2v) is 4.52. The van der Waals surface area contributed by atoms with Crippen molar-refractivity contribution in [1.82, 2.24) is 10.4 Å². The summed E-state index contributed by atoms with van der Waals surface area (Å²) in [7, 11) is 2.35. The molecule has 1 aromatic rings. The number of rotatable bonds is 1. The van der Waals surface area contributed by atoms with Gasteiger partial charge in [-0.15, -0.1) is 0 Å². The summed E-state index contributed by atoms with van der Waals surface area (Å²) in [6.45, 7) is 0. The van der Waals surface area contributed by atoms with Crippen molar-refractivity contribution in [3.05, 3.63) is 35.4 Å². The van der Waals surface area contributed by atoms with Gasteiger partial charge in [-0.3, -0.25) is 4.79 Å². The van der Waals surface area contributed by atoms with Gasteiger partial charge in [0.05, 0.1) is 14.2 Å². The molecule has 112 valence electrons. The molecule has 1 N–H and O–H groups in total. The number of amides is 2. The van der Waals surface area contributed by atoms with Crippen LogP contribution in [0.2, 0.25) is 0 Å². The highest BCUT2D eigenvalue weighted by Gasteiger charge is 2.36. The second-order valence-electron chi connectivity index (χ2n) is 4.52. The fraction of sp³-hybridized carbons (Fsp3) is 0.357. The fourth-order valence-corrected chi connectivity index (χ4v) is 2.32. The van der Waals surface area contributed by atoms with E-state index in [-0.39, 0.29) is 5.78 Å². The van der Waals surface area contributed by atoms with Crippen LogP contribution in [0.15, 0.2) is 24.3 Å². The molecular formula is C14H16N2O5. The fourth-order valence-electron chi connectivity index (χ4n) is 2.32. The van der Waals surface area contributed by atoms with Gasteiger partial charge in [0.15, 0.2) is 5.78 Å². The third-order valence-corrected chi connectivity index (χ3v) is 3.35. The SMILES string of the molecule is COC(=O)NN(C(=O)OC)C1CCc2ccccc2C1=O. The summed E-state index contributed by atoms with van der Waals surface area (Å²) in [4.78, 5) is 35.7. The summed E-state index contributed by atoms with van der Waals surface area (Å²) in [5, 5.41) is 0.879. The van der Waals surface area contributed by atoms with Crippen LogP contribution < -0.4 is 5.43 Å². The molecular weight excluding hydrogens is 276 g/mol. The number of ether oxygens (including phenoxy) is 2. The molecule has 0 spiro atoms.